The molecule has 0 saturated carbocycles. The first-order chi connectivity index (χ1) is 13.9. The van der Waals surface area contributed by atoms with E-state index in [9.17, 15) is 4.79 Å². The molecule has 3 aromatic heterocycles. The molecule has 6 nitrogen and oxygen atoms in total. The van der Waals surface area contributed by atoms with E-state index in [1.54, 1.807) is 22.7 Å². The number of thiazole rings is 1. The van der Waals surface area contributed by atoms with Crippen LogP contribution in [0.4, 0.5) is 5.00 Å². The highest BCUT2D eigenvalue weighted by Gasteiger charge is 2.25. The van der Waals surface area contributed by atoms with E-state index in [-0.39, 0.29) is 5.91 Å². The molecule has 29 heavy (non-hydrogen) atoms. The maximum Gasteiger partial charge on any atom is 0.226 e. The average Bonchev–Trinajstić information content (AvgIpc) is 3.21. The minimum Gasteiger partial charge on any atom is -0.317 e. The second-order valence-corrected chi connectivity index (χ2v) is 9.89. The van der Waals surface area contributed by atoms with Gasteiger partial charge < -0.3 is 16.0 Å². The van der Waals surface area contributed by atoms with Gasteiger partial charge in [-0.1, -0.05) is 13.8 Å². The number of carbonyl (C=O) groups is 1. The highest BCUT2D eigenvalue weighted by Crippen LogP contribution is 2.45. The lowest BCUT2D eigenvalue weighted by Crippen LogP contribution is -2.27. The lowest BCUT2D eigenvalue weighted by atomic mass is 10.0. The van der Waals surface area contributed by atoms with Crippen LogP contribution < -0.4 is 16.0 Å². The van der Waals surface area contributed by atoms with Crippen LogP contribution in [-0.2, 0) is 17.8 Å². The van der Waals surface area contributed by atoms with E-state index in [1.807, 2.05) is 13.8 Å². The summed E-state index contributed by atoms with van der Waals surface area (Å²) in [7, 11) is 0. The Labute approximate surface area is 179 Å². The molecule has 0 spiro atoms. The number of aromatic nitrogens is 2. The summed E-state index contributed by atoms with van der Waals surface area (Å²) in [6.07, 6.45) is 1.42. The van der Waals surface area contributed by atoms with E-state index < -0.39 is 0 Å². The van der Waals surface area contributed by atoms with Gasteiger partial charge in [0.1, 0.15) is 15.5 Å². The summed E-state index contributed by atoms with van der Waals surface area (Å²) < 4.78 is 1.15. The number of anilines is 1. The molecule has 154 valence electrons. The Morgan fingerprint density at radius 1 is 1.28 bits per heavy atom. The second-order valence-electron chi connectivity index (χ2n) is 7.76. The number of fused-ring (bicyclic) bond motifs is 2. The molecule has 1 amide bonds. The molecular formula is C21H27N5OS2. The van der Waals surface area contributed by atoms with Crippen molar-refractivity contribution in [2.24, 2.45) is 0 Å². The SMILES string of the molecule is Cc1cc2sc(-c3c(NC(=O)CCNC(C)C)sc4c3CCNC4)nc2c(C)n1. The molecule has 4 rings (SSSR count). The van der Waals surface area contributed by atoms with Crippen LogP contribution in [0.2, 0.25) is 0 Å². The van der Waals surface area contributed by atoms with E-state index in [2.05, 4.69) is 40.8 Å². The zero-order valence-corrected chi connectivity index (χ0v) is 18.9. The normalized spacial score (nSPS) is 13.8. The number of pyridine rings is 1. The molecule has 3 aromatic rings. The number of thiophene rings is 1. The predicted octanol–water partition coefficient (Wildman–Crippen LogP) is 4.01. The smallest absolute Gasteiger partial charge is 0.226 e. The summed E-state index contributed by atoms with van der Waals surface area (Å²) in [5.41, 5.74) is 5.36. The van der Waals surface area contributed by atoms with E-state index in [0.717, 1.165) is 56.7 Å². The van der Waals surface area contributed by atoms with Crippen molar-refractivity contribution in [2.75, 3.05) is 18.4 Å². The molecule has 0 fully saturated rings. The Bertz CT molecular complexity index is 1050. The molecule has 0 aromatic carbocycles. The first kappa shape index (κ1) is 20.4. The minimum atomic E-state index is 0.0424. The maximum atomic E-state index is 12.6. The highest BCUT2D eigenvalue weighted by molar-refractivity contribution is 7.23. The third kappa shape index (κ3) is 4.35. The van der Waals surface area contributed by atoms with Gasteiger partial charge in [0, 0.05) is 41.7 Å². The standard InChI is InChI=1S/C21H27N5OS2/c1-11(2)23-8-6-17(27)25-20-18(14-5-7-22-10-16(14)29-20)21-26-19-13(4)24-12(3)9-15(19)28-21/h9,11,22-23H,5-8,10H2,1-4H3,(H,25,27). The molecule has 0 radical (unpaired) electrons. The largest absolute Gasteiger partial charge is 0.317 e. The van der Waals surface area contributed by atoms with Crippen LogP contribution in [-0.4, -0.2) is 35.0 Å². The van der Waals surface area contributed by atoms with Crippen molar-refractivity contribution >= 4 is 43.8 Å². The third-order valence-electron chi connectivity index (χ3n) is 4.98. The fraction of sp³-hybridized carbons (Fsp3) is 0.476. The average molecular weight is 430 g/mol. The number of amides is 1. The first-order valence-electron chi connectivity index (χ1n) is 10.1. The van der Waals surface area contributed by atoms with Gasteiger partial charge in [0.15, 0.2) is 0 Å². The van der Waals surface area contributed by atoms with E-state index in [1.165, 1.54) is 10.4 Å². The van der Waals surface area contributed by atoms with Crippen molar-refractivity contribution in [3.8, 4) is 10.6 Å². The van der Waals surface area contributed by atoms with Crippen molar-refractivity contribution < 1.29 is 4.79 Å². The molecule has 1 aliphatic heterocycles. The second kappa shape index (κ2) is 8.47. The molecule has 0 unspecified atom stereocenters. The molecule has 0 bridgehead atoms. The zero-order chi connectivity index (χ0) is 20.5. The van der Waals surface area contributed by atoms with Crippen molar-refractivity contribution in [3.05, 3.63) is 27.9 Å². The summed E-state index contributed by atoms with van der Waals surface area (Å²) in [5, 5.41) is 11.8. The van der Waals surface area contributed by atoms with E-state index in [0.29, 0.717) is 19.0 Å². The van der Waals surface area contributed by atoms with E-state index >= 15 is 0 Å². The van der Waals surface area contributed by atoms with Crippen LogP contribution in [0.1, 0.15) is 42.1 Å². The van der Waals surface area contributed by atoms with Gasteiger partial charge in [-0.2, -0.15) is 0 Å². The van der Waals surface area contributed by atoms with Crippen LogP contribution in [0.3, 0.4) is 0 Å². The van der Waals surface area contributed by atoms with Crippen molar-refractivity contribution in [3.63, 3.8) is 0 Å². The van der Waals surface area contributed by atoms with Crippen molar-refractivity contribution in [1.29, 1.82) is 0 Å². The van der Waals surface area contributed by atoms with Crippen LogP contribution in [0, 0.1) is 13.8 Å². The number of aryl methyl sites for hydroxylation is 2. The molecule has 0 aliphatic carbocycles. The Balaban J connectivity index is 1.70. The quantitative estimate of drug-likeness (QED) is 0.552. The number of nitrogens with zero attached hydrogens (tertiary/aromatic N) is 2. The van der Waals surface area contributed by atoms with Gasteiger partial charge in [-0.15, -0.1) is 22.7 Å². The lowest BCUT2D eigenvalue weighted by molar-refractivity contribution is -0.116. The monoisotopic (exact) mass is 429 g/mol. The molecule has 3 N–H and O–H groups in total. The highest BCUT2D eigenvalue weighted by atomic mass is 32.1. The van der Waals surface area contributed by atoms with Crippen LogP contribution >= 0.6 is 22.7 Å². The van der Waals surface area contributed by atoms with Crippen molar-refractivity contribution in [1.82, 2.24) is 20.6 Å². The Kier molecular flexibility index (Phi) is 5.96. The molecule has 1 aliphatic rings. The molecule has 4 heterocycles. The third-order valence-corrected chi connectivity index (χ3v) is 7.15. The topological polar surface area (TPSA) is 78.9 Å². The molecular weight excluding hydrogens is 402 g/mol. The fourth-order valence-electron chi connectivity index (χ4n) is 3.65. The lowest BCUT2D eigenvalue weighted by Gasteiger charge is -2.13. The number of hydrogen-bond acceptors (Lipinski definition) is 7. The van der Waals surface area contributed by atoms with Gasteiger partial charge in [-0.05, 0) is 38.4 Å². The van der Waals surface area contributed by atoms with Crippen LogP contribution in [0.25, 0.3) is 20.8 Å². The Morgan fingerprint density at radius 3 is 2.90 bits per heavy atom. The summed E-state index contributed by atoms with van der Waals surface area (Å²) in [6.45, 7) is 10.7. The zero-order valence-electron chi connectivity index (χ0n) is 17.3. The summed E-state index contributed by atoms with van der Waals surface area (Å²) in [5.74, 6) is 0.0424. The van der Waals surface area contributed by atoms with Crippen molar-refractivity contribution in [2.45, 2.75) is 53.1 Å². The Morgan fingerprint density at radius 2 is 2.10 bits per heavy atom. The number of nitrogens with one attached hydrogen (secondary N) is 3. The van der Waals surface area contributed by atoms with Gasteiger partial charge >= 0.3 is 0 Å². The van der Waals surface area contributed by atoms with Gasteiger partial charge in [0.05, 0.1) is 10.4 Å². The van der Waals surface area contributed by atoms with Gasteiger partial charge in [0.2, 0.25) is 5.91 Å². The molecule has 8 heteroatoms. The summed E-state index contributed by atoms with van der Waals surface area (Å²) in [4.78, 5) is 23.4. The number of carbonyl (C=O) groups excluding carboxylic acids is 1. The first-order valence-corrected chi connectivity index (χ1v) is 11.7. The van der Waals surface area contributed by atoms with Gasteiger partial charge in [-0.3, -0.25) is 9.78 Å². The summed E-state index contributed by atoms with van der Waals surface area (Å²) in [6, 6.07) is 2.47. The number of hydrogen-bond donors (Lipinski definition) is 3. The van der Waals surface area contributed by atoms with Gasteiger partial charge in [0.25, 0.3) is 0 Å². The van der Waals surface area contributed by atoms with E-state index in [4.69, 9.17) is 4.98 Å². The molecule has 0 atom stereocenters. The Hall–Kier alpha value is -1.87. The minimum absolute atomic E-state index is 0.0424. The molecule has 0 saturated heterocycles. The predicted molar refractivity (Wildman–Crippen MR) is 122 cm³/mol. The van der Waals surface area contributed by atoms with Crippen LogP contribution in [0.5, 0.6) is 0 Å². The number of rotatable bonds is 6. The van der Waals surface area contributed by atoms with Crippen LogP contribution in [0.15, 0.2) is 6.07 Å². The maximum absolute atomic E-state index is 12.6. The fourth-order valence-corrected chi connectivity index (χ4v) is 6.14. The summed E-state index contributed by atoms with van der Waals surface area (Å²) >= 11 is 3.37. The van der Waals surface area contributed by atoms with Gasteiger partial charge in [-0.25, -0.2) is 4.98 Å².